The first-order valence-electron chi connectivity index (χ1n) is 13.2. The molecule has 0 radical (unpaired) electrons. The summed E-state index contributed by atoms with van der Waals surface area (Å²) in [5.41, 5.74) is 6.72. The number of hydrogen-bond acceptors (Lipinski definition) is 11. The number of carbonyl (C=O) groups is 4. The fourth-order valence-corrected chi connectivity index (χ4v) is 7.36. The molecule has 1 aromatic rings. The molecule has 1 aliphatic carbocycles. The molecule has 4 fully saturated rings. The van der Waals surface area contributed by atoms with E-state index in [1.54, 1.807) is 11.5 Å². The van der Waals surface area contributed by atoms with Gasteiger partial charge in [0, 0.05) is 36.3 Å². The number of nitrogen functional groups attached to an aromatic ring is 1. The molecule has 3 amide bonds. The van der Waals surface area contributed by atoms with Gasteiger partial charge in [-0.3, -0.25) is 19.3 Å². The van der Waals surface area contributed by atoms with Crippen LogP contribution in [0.25, 0.3) is 0 Å². The van der Waals surface area contributed by atoms with Gasteiger partial charge in [0.05, 0.1) is 6.04 Å². The van der Waals surface area contributed by atoms with Gasteiger partial charge >= 0.3 is 5.97 Å². The molecule has 0 bridgehead atoms. The Morgan fingerprint density at radius 3 is 2.60 bits per heavy atom. The molecule has 1 saturated carbocycles. The summed E-state index contributed by atoms with van der Waals surface area (Å²) in [5, 5.41) is 21.2. The number of nitrogens with two attached hydrogens (primary N) is 1. The number of carbonyl (C=O) groups excluding carboxylic acids is 3. The van der Waals surface area contributed by atoms with Crippen LogP contribution in [0.4, 0.5) is 5.13 Å². The van der Waals surface area contributed by atoms with Crippen LogP contribution in [0.5, 0.6) is 0 Å². The Kier molecular flexibility index (Phi) is 10.1. The van der Waals surface area contributed by atoms with Gasteiger partial charge in [0.2, 0.25) is 5.91 Å². The molecule has 17 heteroatoms. The SMILES string of the molecule is Cl.Cl.Nc1nc(/C(=N/OC2CCCC2)C(=O)N[C@@H]2C(=O)N3C(C(=O)O)=C(/C=C4\CCN(C5CNC5)C4=O)CS[C@H]23)cs1. The number of nitrogens with zero attached hydrogens (tertiary/aromatic N) is 4. The molecule has 2 atom stereocenters. The van der Waals surface area contributed by atoms with E-state index in [-0.39, 0.29) is 70.9 Å². The summed E-state index contributed by atoms with van der Waals surface area (Å²) in [7, 11) is 0. The summed E-state index contributed by atoms with van der Waals surface area (Å²) >= 11 is 2.49. The van der Waals surface area contributed by atoms with Crippen LogP contribution >= 0.6 is 47.9 Å². The number of nitrogens with one attached hydrogen (secondary N) is 2. The predicted molar refractivity (Wildman–Crippen MR) is 162 cm³/mol. The van der Waals surface area contributed by atoms with Crippen LogP contribution < -0.4 is 16.4 Å². The number of β-lactam (4-membered cyclic amide) rings is 1. The lowest BCUT2D eigenvalue weighted by atomic mass is 10.0. The average molecular weight is 661 g/mol. The van der Waals surface area contributed by atoms with E-state index in [1.807, 2.05) is 4.90 Å². The number of carboxylic acids is 1. The molecule has 42 heavy (non-hydrogen) atoms. The Labute approximate surface area is 262 Å². The van der Waals surface area contributed by atoms with Crippen LogP contribution in [0.15, 0.2) is 33.5 Å². The van der Waals surface area contributed by atoms with Gasteiger partial charge in [0.15, 0.2) is 10.8 Å². The number of likely N-dealkylation sites (tertiary alicyclic amines) is 1. The van der Waals surface area contributed by atoms with E-state index in [0.29, 0.717) is 24.1 Å². The van der Waals surface area contributed by atoms with Crippen molar-refractivity contribution in [1.29, 1.82) is 0 Å². The van der Waals surface area contributed by atoms with E-state index in [2.05, 4.69) is 20.8 Å². The highest BCUT2D eigenvalue weighted by Crippen LogP contribution is 2.41. The van der Waals surface area contributed by atoms with Crippen LogP contribution in [0.3, 0.4) is 0 Å². The standard InChI is InChI=1S/C25H29N7O6S2.2ClH/c26-25-28-16(11-40-25)17(30-38-15-3-1-2-4-15)20(33)29-18-22(35)32-19(24(36)37)13(10-39-23(18)32)7-12-5-6-31(21(12)34)14-8-27-9-14;;/h7,11,14-15,18,23,27H,1-6,8-10H2,(H2,26,28)(H,29,33)(H,36,37);2*1H/b12-7+,30-17-;;/t18-,23-;;/m1../s1. The van der Waals surface area contributed by atoms with Gasteiger partial charge in [-0.25, -0.2) is 9.78 Å². The van der Waals surface area contributed by atoms with Crippen LogP contribution in [0.2, 0.25) is 0 Å². The molecule has 228 valence electrons. The zero-order valence-corrected chi connectivity index (χ0v) is 25.6. The van der Waals surface area contributed by atoms with Crippen molar-refractivity contribution in [2.75, 3.05) is 31.1 Å². The first-order valence-corrected chi connectivity index (χ1v) is 15.1. The Balaban J connectivity index is 0.00000202. The number of halogens is 2. The number of allylic oxidation sites excluding steroid dienone is 1. The quantitative estimate of drug-likeness (QED) is 0.137. The number of amides is 3. The first-order chi connectivity index (χ1) is 19.3. The Morgan fingerprint density at radius 2 is 1.98 bits per heavy atom. The van der Waals surface area contributed by atoms with Crippen molar-refractivity contribution in [1.82, 2.24) is 25.4 Å². The van der Waals surface area contributed by atoms with Crippen molar-refractivity contribution < 1.29 is 29.1 Å². The summed E-state index contributed by atoms with van der Waals surface area (Å²) in [6, 6.07) is -0.793. The number of aromatic nitrogens is 1. The summed E-state index contributed by atoms with van der Waals surface area (Å²) < 4.78 is 0. The molecule has 6 rings (SSSR count). The number of fused-ring (bicyclic) bond motifs is 1. The molecule has 1 aromatic heterocycles. The van der Waals surface area contributed by atoms with Gasteiger partial charge < -0.3 is 31.2 Å². The van der Waals surface area contributed by atoms with Crippen molar-refractivity contribution in [3.63, 3.8) is 0 Å². The molecule has 13 nitrogen and oxygen atoms in total. The molecule has 0 aromatic carbocycles. The van der Waals surface area contributed by atoms with E-state index >= 15 is 0 Å². The number of rotatable bonds is 8. The van der Waals surface area contributed by atoms with Crippen molar-refractivity contribution in [2.24, 2.45) is 5.16 Å². The van der Waals surface area contributed by atoms with Crippen LogP contribution in [-0.2, 0) is 24.0 Å². The van der Waals surface area contributed by atoms with Crippen molar-refractivity contribution >= 4 is 82.4 Å². The summed E-state index contributed by atoms with van der Waals surface area (Å²) in [6.45, 7) is 2.10. The zero-order valence-electron chi connectivity index (χ0n) is 22.3. The van der Waals surface area contributed by atoms with Gasteiger partial charge in [-0.05, 0) is 43.8 Å². The number of anilines is 1. The molecule has 4 aliphatic heterocycles. The third kappa shape index (κ3) is 5.97. The smallest absolute Gasteiger partial charge is 0.352 e. The molecule has 5 aliphatic rings. The Bertz CT molecular complexity index is 1360. The summed E-state index contributed by atoms with van der Waals surface area (Å²) in [5.74, 6) is -2.28. The van der Waals surface area contributed by atoms with Gasteiger partial charge in [0.25, 0.3) is 11.8 Å². The largest absolute Gasteiger partial charge is 0.477 e. The molecular formula is C25H31Cl2N7O6S2. The van der Waals surface area contributed by atoms with E-state index in [0.717, 1.165) is 50.1 Å². The van der Waals surface area contributed by atoms with Crippen molar-refractivity contribution in [3.05, 3.63) is 34.0 Å². The lowest BCUT2D eigenvalue weighted by Gasteiger charge is -2.49. The van der Waals surface area contributed by atoms with Gasteiger partial charge in [0.1, 0.15) is 28.9 Å². The van der Waals surface area contributed by atoms with E-state index in [1.165, 1.54) is 16.7 Å². The minimum Gasteiger partial charge on any atom is -0.477 e. The van der Waals surface area contributed by atoms with E-state index in [9.17, 15) is 24.3 Å². The number of thiazole rings is 1. The summed E-state index contributed by atoms with van der Waals surface area (Å²) in [4.78, 5) is 64.4. The maximum absolute atomic E-state index is 13.3. The molecule has 3 saturated heterocycles. The number of aliphatic carboxylic acids is 1. The van der Waals surface area contributed by atoms with Crippen LogP contribution in [0.1, 0.15) is 37.8 Å². The van der Waals surface area contributed by atoms with E-state index < -0.39 is 29.2 Å². The molecule has 5 N–H and O–H groups in total. The van der Waals surface area contributed by atoms with Gasteiger partial charge in [-0.15, -0.1) is 47.9 Å². The second-order valence-corrected chi connectivity index (χ2v) is 12.3. The number of oxime groups is 1. The second kappa shape index (κ2) is 13.2. The maximum atomic E-state index is 13.3. The third-order valence-electron chi connectivity index (χ3n) is 7.77. The minimum absolute atomic E-state index is 0. The molecule has 0 unspecified atom stereocenters. The second-order valence-electron chi connectivity index (χ2n) is 10.3. The molecule has 0 spiro atoms. The van der Waals surface area contributed by atoms with Crippen LogP contribution in [-0.4, -0.2) is 98.2 Å². The number of hydrogen-bond donors (Lipinski definition) is 4. The monoisotopic (exact) mass is 659 g/mol. The number of carboxylic acid groups (broad SMARTS) is 1. The minimum atomic E-state index is -1.26. The third-order valence-corrected chi connectivity index (χ3v) is 9.74. The predicted octanol–water partition coefficient (Wildman–Crippen LogP) is 1.10. The fourth-order valence-electron chi connectivity index (χ4n) is 5.51. The highest BCUT2D eigenvalue weighted by atomic mass is 35.5. The van der Waals surface area contributed by atoms with Crippen molar-refractivity contribution in [2.45, 2.75) is 55.7 Å². The summed E-state index contributed by atoms with van der Waals surface area (Å²) in [6.07, 6.45) is 5.80. The lowest BCUT2D eigenvalue weighted by Crippen LogP contribution is -2.71. The highest BCUT2D eigenvalue weighted by Gasteiger charge is 2.54. The van der Waals surface area contributed by atoms with Crippen LogP contribution in [0, 0.1) is 0 Å². The topological polar surface area (TPSA) is 180 Å². The molecule has 5 heterocycles. The highest BCUT2D eigenvalue weighted by molar-refractivity contribution is 8.00. The van der Waals surface area contributed by atoms with Gasteiger partial charge in [-0.2, -0.15) is 0 Å². The number of thioether (sulfide) groups is 1. The maximum Gasteiger partial charge on any atom is 0.352 e. The van der Waals surface area contributed by atoms with Crippen molar-refractivity contribution in [3.8, 4) is 0 Å². The first kappa shape index (κ1) is 32.1. The Hall–Kier alpha value is -2.85. The lowest BCUT2D eigenvalue weighted by molar-refractivity contribution is -0.150. The molecular weight excluding hydrogens is 629 g/mol. The Morgan fingerprint density at radius 1 is 1.24 bits per heavy atom. The average Bonchev–Trinajstić information content (AvgIpc) is 3.65. The zero-order chi connectivity index (χ0) is 28.0. The fraction of sp³-hybridized carbons (Fsp3) is 0.520. The van der Waals surface area contributed by atoms with Gasteiger partial charge in [-0.1, -0.05) is 5.16 Å². The van der Waals surface area contributed by atoms with E-state index in [4.69, 9.17) is 10.6 Å². The normalized spacial score (nSPS) is 25.4.